The van der Waals surface area contributed by atoms with Crippen molar-refractivity contribution in [2.24, 2.45) is 10.2 Å². The van der Waals surface area contributed by atoms with Crippen LogP contribution >= 0.6 is 34.4 Å². The average Bonchev–Trinajstić information content (AvgIpc) is 3.24. The molecule has 1 saturated heterocycles. The van der Waals surface area contributed by atoms with Gasteiger partial charge in [0.15, 0.2) is 16.7 Å². The van der Waals surface area contributed by atoms with E-state index < -0.39 is 15.4 Å². The van der Waals surface area contributed by atoms with E-state index in [1.807, 2.05) is 35.6 Å². The minimum absolute atomic E-state index is 0.0174. The third kappa shape index (κ3) is 7.58. The molecule has 0 saturated carbocycles. The molecule has 2 amide bonds. The van der Waals surface area contributed by atoms with Gasteiger partial charge in [-0.15, -0.1) is 5.10 Å². The first-order valence-electron chi connectivity index (χ1n) is 11.5. The largest absolute Gasteiger partial charge is 0.493 e. The van der Waals surface area contributed by atoms with Crippen molar-refractivity contribution in [1.29, 1.82) is 0 Å². The number of carbonyl (C=O) groups excluding carboxylic acids is 2. The summed E-state index contributed by atoms with van der Waals surface area (Å²) in [5.41, 5.74) is 2.14. The number of carbonyl (C=O) groups is 2. The molecule has 1 heterocycles. The molecule has 202 valence electrons. The fraction of sp³-hybridized carbons (Fsp3) is 0.154. The van der Waals surface area contributed by atoms with Crippen LogP contribution in [0.25, 0.3) is 0 Å². The highest BCUT2D eigenvalue weighted by Crippen LogP contribution is 2.35. The minimum atomic E-state index is -4.07. The van der Waals surface area contributed by atoms with Gasteiger partial charge in [0, 0.05) is 12.1 Å². The molecule has 0 spiro atoms. The first-order valence-corrected chi connectivity index (χ1v) is 14.8. The lowest BCUT2D eigenvalue weighted by atomic mass is 10.2. The summed E-state index contributed by atoms with van der Waals surface area (Å²) in [6.45, 7) is 1.86. The Hall–Kier alpha value is -3.43. The first-order chi connectivity index (χ1) is 18.6. The summed E-state index contributed by atoms with van der Waals surface area (Å²) in [5, 5.41) is 13.1. The van der Waals surface area contributed by atoms with Crippen molar-refractivity contribution >= 4 is 73.4 Å². The lowest BCUT2D eigenvalue weighted by Gasteiger charge is -2.13. The molecular weight excluding hydrogens is 655 g/mol. The monoisotopic (exact) mass is 678 g/mol. The maximum Gasteiger partial charge on any atom is 0.339 e. The lowest BCUT2D eigenvalue weighted by molar-refractivity contribution is -0.122. The Bertz CT molecular complexity index is 1540. The molecule has 39 heavy (non-hydrogen) atoms. The third-order valence-corrected chi connectivity index (χ3v) is 8.42. The molecule has 1 aliphatic heterocycles. The van der Waals surface area contributed by atoms with Gasteiger partial charge in [-0.2, -0.15) is 13.5 Å². The second-order valence-corrected chi connectivity index (χ2v) is 12.1. The van der Waals surface area contributed by atoms with Crippen molar-refractivity contribution in [2.75, 3.05) is 12.4 Å². The summed E-state index contributed by atoms with van der Waals surface area (Å²) < 4.78 is 36.8. The highest BCUT2D eigenvalue weighted by molar-refractivity contribution is 14.1. The van der Waals surface area contributed by atoms with Gasteiger partial charge in [-0.05, 0) is 71.5 Å². The Morgan fingerprint density at radius 2 is 1.87 bits per heavy atom. The molecule has 3 aromatic carbocycles. The molecule has 13 heteroatoms. The Balaban J connectivity index is 1.42. The quantitative estimate of drug-likeness (QED) is 0.149. The summed E-state index contributed by atoms with van der Waals surface area (Å²) in [4.78, 5) is 24.6. The van der Waals surface area contributed by atoms with Crippen LogP contribution in [0.15, 0.2) is 81.8 Å². The minimum Gasteiger partial charge on any atom is -0.493 e. The smallest absolute Gasteiger partial charge is 0.339 e. The number of anilines is 1. The Morgan fingerprint density at radius 3 is 2.56 bits per heavy atom. The molecular formula is C26H23IN4O6S2. The molecule has 3 aromatic rings. The van der Waals surface area contributed by atoms with Crippen LogP contribution < -0.4 is 19.6 Å². The van der Waals surface area contributed by atoms with E-state index in [2.05, 4.69) is 20.8 Å². The van der Waals surface area contributed by atoms with Gasteiger partial charge in [-0.25, -0.2) is 0 Å². The Labute approximate surface area is 243 Å². The zero-order chi connectivity index (χ0) is 28.0. The van der Waals surface area contributed by atoms with E-state index in [0.29, 0.717) is 14.8 Å². The van der Waals surface area contributed by atoms with E-state index in [9.17, 15) is 18.0 Å². The van der Waals surface area contributed by atoms with Crippen molar-refractivity contribution in [3.8, 4) is 11.5 Å². The van der Waals surface area contributed by atoms with Gasteiger partial charge in [0.05, 0.1) is 16.9 Å². The van der Waals surface area contributed by atoms with E-state index in [1.54, 1.807) is 48.5 Å². The standard InChI is InChI=1S/C26H23IN4O6S2/c1-16-8-10-19(11-9-16)39(34,35)37-24-20(27)12-17(13-21(24)36-2)15-28-31-26-30-25(33)22(38-26)14-23(32)29-18-6-4-3-5-7-18/h3-13,15,22H,14H2,1-2H3,(H,29,32)(H,30,31,33)/b28-15+. The summed E-state index contributed by atoms with van der Waals surface area (Å²) in [7, 11) is -2.68. The molecule has 4 rings (SSSR count). The first kappa shape index (κ1) is 28.6. The number of thioether (sulfide) groups is 1. The number of amidine groups is 1. The van der Waals surface area contributed by atoms with E-state index in [0.717, 1.165) is 17.3 Å². The predicted octanol–water partition coefficient (Wildman–Crippen LogP) is 4.33. The van der Waals surface area contributed by atoms with Crippen molar-refractivity contribution in [1.82, 2.24) is 5.32 Å². The second-order valence-electron chi connectivity index (χ2n) is 8.25. The highest BCUT2D eigenvalue weighted by Gasteiger charge is 2.32. The molecule has 0 bridgehead atoms. The fourth-order valence-corrected chi connectivity index (χ4v) is 6.16. The van der Waals surface area contributed by atoms with Crippen molar-refractivity contribution in [3.63, 3.8) is 0 Å². The molecule has 0 aliphatic carbocycles. The van der Waals surface area contributed by atoms with Gasteiger partial charge in [0.25, 0.3) is 0 Å². The molecule has 2 N–H and O–H groups in total. The SMILES string of the molecule is COc1cc(/C=N/N=C2\NC(=O)C(CC(=O)Nc3ccccc3)S2)cc(I)c1OS(=O)(=O)c1ccc(C)cc1. The number of amides is 2. The average molecular weight is 679 g/mol. The van der Waals surface area contributed by atoms with Crippen LogP contribution in [0.5, 0.6) is 11.5 Å². The number of hydrogen-bond acceptors (Lipinski definition) is 9. The molecule has 1 unspecified atom stereocenters. The lowest BCUT2D eigenvalue weighted by Crippen LogP contribution is -2.28. The zero-order valence-corrected chi connectivity index (χ0v) is 24.5. The fourth-order valence-electron chi connectivity index (χ4n) is 3.39. The normalized spacial score (nSPS) is 16.3. The van der Waals surface area contributed by atoms with Gasteiger partial charge >= 0.3 is 10.1 Å². The summed E-state index contributed by atoms with van der Waals surface area (Å²) in [6.07, 6.45) is 1.41. The molecule has 10 nitrogen and oxygen atoms in total. The topological polar surface area (TPSA) is 136 Å². The number of halogens is 1. The number of aryl methyl sites for hydroxylation is 1. The number of ether oxygens (including phenoxy) is 1. The van der Waals surface area contributed by atoms with Crippen molar-refractivity contribution < 1.29 is 26.9 Å². The van der Waals surface area contributed by atoms with Crippen LogP contribution in [0.3, 0.4) is 0 Å². The van der Waals surface area contributed by atoms with E-state index in [1.165, 1.54) is 25.5 Å². The predicted molar refractivity (Wildman–Crippen MR) is 159 cm³/mol. The van der Waals surface area contributed by atoms with Crippen LogP contribution in [0.1, 0.15) is 17.5 Å². The summed E-state index contributed by atoms with van der Waals surface area (Å²) >= 11 is 3.06. The molecule has 1 fully saturated rings. The second kappa shape index (κ2) is 12.6. The third-order valence-electron chi connectivity index (χ3n) is 5.31. The van der Waals surface area contributed by atoms with Crippen LogP contribution in [-0.4, -0.2) is 44.0 Å². The number of para-hydroxylation sites is 1. The Kier molecular flexibility index (Phi) is 9.24. The van der Waals surface area contributed by atoms with Crippen LogP contribution in [0.4, 0.5) is 5.69 Å². The van der Waals surface area contributed by atoms with Gasteiger partial charge in [-0.3, -0.25) is 9.59 Å². The molecule has 0 radical (unpaired) electrons. The number of methoxy groups -OCH3 is 1. The van der Waals surface area contributed by atoms with E-state index in [4.69, 9.17) is 8.92 Å². The van der Waals surface area contributed by atoms with Crippen LogP contribution in [-0.2, 0) is 19.7 Å². The van der Waals surface area contributed by atoms with Crippen LogP contribution in [0, 0.1) is 10.5 Å². The van der Waals surface area contributed by atoms with E-state index in [-0.39, 0.29) is 39.8 Å². The van der Waals surface area contributed by atoms with Crippen molar-refractivity contribution in [2.45, 2.75) is 23.5 Å². The van der Waals surface area contributed by atoms with Crippen molar-refractivity contribution in [3.05, 3.63) is 81.4 Å². The number of benzene rings is 3. The summed E-state index contributed by atoms with van der Waals surface area (Å²) in [6, 6.07) is 18.5. The summed E-state index contributed by atoms with van der Waals surface area (Å²) in [5.74, 6) is -0.367. The van der Waals surface area contributed by atoms with Crippen LogP contribution in [0.2, 0.25) is 0 Å². The zero-order valence-electron chi connectivity index (χ0n) is 20.8. The molecule has 0 aromatic heterocycles. The Morgan fingerprint density at radius 1 is 1.15 bits per heavy atom. The maximum atomic E-state index is 12.8. The highest BCUT2D eigenvalue weighted by atomic mass is 127. The molecule has 1 aliphatic rings. The number of rotatable bonds is 9. The van der Waals surface area contributed by atoms with E-state index >= 15 is 0 Å². The number of hydrogen-bond donors (Lipinski definition) is 2. The molecule has 1 atom stereocenters. The van der Waals surface area contributed by atoms with Gasteiger partial charge in [0.2, 0.25) is 11.8 Å². The number of nitrogens with zero attached hydrogens (tertiary/aromatic N) is 2. The number of nitrogens with one attached hydrogen (secondary N) is 2. The maximum absolute atomic E-state index is 12.8. The van der Waals surface area contributed by atoms with Gasteiger partial charge in [0.1, 0.15) is 10.1 Å². The van der Waals surface area contributed by atoms with Gasteiger partial charge in [-0.1, -0.05) is 47.7 Å². The van der Waals surface area contributed by atoms with Gasteiger partial charge < -0.3 is 19.6 Å².